The molecule has 2 atom stereocenters. The van der Waals surface area contributed by atoms with E-state index in [0.29, 0.717) is 44.3 Å². The SMILES string of the molecule is CCOC(=O)C1(Cc2ccccc2)CCCN(C(=O)C(Cc2c[nH]c3ccccc23)NC(=O)c2cccc(CN)c2)C1. The molecule has 5 rings (SSSR count). The highest BCUT2D eigenvalue weighted by Crippen LogP contribution is 2.36. The number of para-hydroxylation sites is 1. The normalized spacial score (nSPS) is 17.5. The maximum atomic E-state index is 14.3. The largest absolute Gasteiger partial charge is 0.466 e. The second kappa shape index (κ2) is 13.0. The zero-order valence-electron chi connectivity index (χ0n) is 24.0. The number of aromatic amines is 1. The number of piperidine rings is 1. The van der Waals surface area contributed by atoms with Crippen molar-refractivity contribution in [2.75, 3.05) is 19.7 Å². The van der Waals surface area contributed by atoms with Crippen molar-refractivity contribution < 1.29 is 19.1 Å². The van der Waals surface area contributed by atoms with Crippen LogP contribution in [0.5, 0.6) is 0 Å². The first-order valence-corrected chi connectivity index (χ1v) is 14.6. The summed E-state index contributed by atoms with van der Waals surface area (Å²) in [5.74, 6) is -0.853. The van der Waals surface area contributed by atoms with Crippen molar-refractivity contribution in [2.24, 2.45) is 11.1 Å². The molecule has 0 saturated carbocycles. The predicted octanol–water partition coefficient (Wildman–Crippen LogP) is 4.38. The highest BCUT2D eigenvalue weighted by atomic mass is 16.5. The molecule has 1 aromatic heterocycles. The van der Waals surface area contributed by atoms with Crippen LogP contribution in [0.4, 0.5) is 0 Å². The maximum Gasteiger partial charge on any atom is 0.314 e. The number of carbonyl (C=O) groups excluding carboxylic acids is 3. The minimum atomic E-state index is -0.865. The Balaban J connectivity index is 1.45. The first-order valence-electron chi connectivity index (χ1n) is 14.6. The number of esters is 1. The second-order valence-electron chi connectivity index (χ2n) is 11.0. The summed E-state index contributed by atoms with van der Waals surface area (Å²) < 4.78 is 5.56. The molecule has 0 bridgehead atoms. The molecule has 0 spiro atoms. The molecule has 0 aliphatic carbocycles. The van der Waals surface area contributed by atoms with Gasteiger partial charge >= 0.3 is 5.97 Å². The lowest BCUT2D eigenvalue weighted by Crippen LogP contribution is -2.57. The highest BCUT2D eigenvalue weighted by molar-refractivity contribution is 5.98. The Bertz CT molecular complexity index is 1550. The molecule has 1 aliphatic rings. The van der Waals surface area contributed by atoms with Crippen LogP contribution in [-0.2, 0) is 33.7 Å². The molecule has 42 heavy (non-hydrogen) atoms. The van der Waals surface area contributed by atoms with E-state index in [2.05, 4.69) is 10.3 Å². The van der Waals surface area contributed by atoms with Crippen molar-refractivity contribution in [1.29, 1.82) is 0 Å². The van der Waals surface area contributed by atoms with E-state index in [-0.39, 0.29) is 30.9 Å². The zero-order chi connectivity index (χ0) is 29.5. The van der Waals surface area contributed by atoms with Crippen molar-refractivity contribution in [1.82, 2.24) is 15.2 Å². The number of likely N-dealkylation sites (tertiary alicyclic amines) is 1. The molecule has 3 aromatic carbocycles. The van der Waals surface area contributed by atoms with E-state index >= 15 is 0 Å². The number of fused-ring (bicyclic) bond motifs is 1. The van der Waals surface area contributed by atoms with Gasteiger partial charge in [-0.15, -0.1) is 0 Å². The number of hydrogen-bond donors (Lipinski definition) is 3. The van der Waals surface area contributed by atoms with Gasteiger partial charge in [0, 0.05) is 48.7 Å². The minimum absolute atomic E-state index is 0.218. The Morgan fingerprint density at radius 2 is 1.79 bits per heavy atom. The van der Waals surface area contributed by atoms with Gasteiger partial charge in [-0.05, 0) is 61.1 Å². The third kappa shape index (κ3) is 6.39. The van der Waals surface area contributed by atoms with Gasteiger partial charge in [-0.2, -0.15) is 0 Å². The summed E-state index contributed by atoms with van der Waals surface area (Å²) in [7, 11) is 0. The van der Waals surface area contributed by atoms with E-state index in [1.807, 2.05) is 66.9 Å². The summed E-state index contributed by atoms with van der Waals surface area (Å²) >= 11 is 0. The molecule has 1 fully saturated rings. The number of hydrogen-bond acceptors (Lipinski definition) is 5. The molecule has 4 aromatic rings. The van der Waals surface area contributed by atoms with Crippen molar-refractivity contribution >= 4 is 28.7 Å². The minimum Gasteiger partial charge on any atom is -0.466 e. The fourth-order valence-electron chi connectivity index (χ4n) is 6.00. The van der Waals surface area contributed by atoms with Crippen LogP contribution in [0.25, 0.3) is 10.9 Å². The number of H-pyrrole nitrogens is 1. The number of aromatic nitrogens is 1. The first-order chi connectivity index (χ1) is 20.4. The van der Waals surface area contributed by atoms with E-state index in [9.17, 15) is 14.4 Å². The molecule has 2 amide bonds. The van der Waals surface area contributed by atoms with Crippen LogP contribution >= 0.6 is 0 Å². The second-order valence-corrected chi connectivity index (χ2v) is 11.0. The summed E-state index contributed by atoms with van der Waals surface area (Å²) in [5.41, 5.74) is 9.12. The third-order valence-corrected chi connectivity index (χ3v) is 8.11. The average molecular weight is 567 g/mol. The maximum absolute atomic E-state index is 14.3. The fourth-order valence-corrected chi connectivity index (χ4v) is 6.00. The van der Waals surface area contributed by atoms with Gasteiger partial charge in [-0.25, -0.2) is 0 Å². The Hall–Kier alpha value is -4.43. The van der Waals surface area contributed by atoms with Crippen LogP contribution in [0.1, 0.15) is 46.8 Å². The molecule has 8 heteroatoms. The molecule has 2 heterocycles. The summed E-state index contributed by atoms with van der Waals surface area (Å²) in [6, 6.07) is 24.0. The third-order valence-electron chi connectivity index (χ3n) is 8.11. The van der Waals surface area contributed by atoms with Gasteiger partial charge in [0.05, 0.1) is 12.0 Å². The monoisotopic (exact) mass is 566 g/mol. The van der Waals surface area contributed by atoms with E-state index in [1.165, 1.54) is 0 Å². The van der Waals surface area contributed by atoms with Crippen molar-refractivity contribution in [3.05, 3.63) is 107 Å². The van der Waals surface area contributed by atoms with Gasteiger partial charge in [-0.1, -0.05) is 60.7 Å². The Kier molecular flexibility index (Phi) is 9.03. The molecule has 0 radical (unpaired) electrons. The van der Waals surface area contributed by atoms with E-state index < -0.39 is 11.5 Å². The van der Waals surface area contributed by atoms with Gasteiger partial charge in [0.25, 0.3) is 5.91 Å². The number of carbonyl (C=O) groups is 3. The smallest absolute Gasteiger partial charge is 0.314 e. The first kappa shape index (κ1) is 29.1. The summed E-state index contributed by atoms with van der Waals surface area (Å²) in [6.07, 6.45) is 3.94. The van der Waals surface area contributed by atoms with E-state index in [4.69, 9.17) is 10.5 Å². The number of nitrogens with zero attached hydrogens (tertiary/aromatic N) is 1. The van der Waals surface area contributed by atoms with Crippen LogP contribution < -0.4 is 11.1 Å². The molecule has 218 valence electrons. The van der Waals surface area contributed by atoms with Gasteiger partial charge in [0.15, 0.2) is 0 Å². The molecule has 2 unspecified atom stereocenters. The summed E-state index contributed by atoms with van der Waals surface area (Å²) in [6.45, 7) is 3.10. The standard InChI is InChI=1S/C34H38N4O4/c1-2-42-33(41)34(20-24-10-4-3-5-11-24)16-9-17-38(23-34)32(40)30(19-27-22-36-29-15-7-6-14-28(27)29)37-31(39)26-13-8-12-25(18-26)21-35/h3-8,10-15,18,22,30,36H,2,9,16-17,19-21,23,35H2,1H3,(H,37,39). The fraction of sp³-hybridized carbons (Fsp3) is 0.324. The number of rotatable bonds is 10. The van der Waals surface area contributed by atoms with Gasteiger partial charge in [-0.3, -0.25) is 14.4 Å². The average Bonchev–Trinajstić information content (AvgIpc) is 3.43. The van der Waals surface area contributed by atoms with Gasteiger partial charge in [0.2, 0.25) is 5.91 Å². The van der Waals surface area contributed by atoms with Crippen molar-refractivity contribution in [2.45, 2.75) is 45.2 Å². The molecule has 8 nitrogen and oxygen atoms in total. The van der Waals surface area contributed by atoms with E-state index in [0.717, 1.165) is 27.6 Å². The van der Waals surface area contributed by atoms with E-state index in [1.54, 1.807) is 30.0 Å². The molecule has 1 aliphatic heterocycles. The van der Waals surface area contributed by atoms with Gasteiger partial charge < -0.3 is 25.7 Å². The van der Waals surface area contributed by atoms with Crippen LogP contribution in [0, 0.1) is 5.41 Å². The Labute approximate surface area is 246 Å². The Morgan fingerprint density at radius 1 is 1.02 bits per heavy atom. The highest BCUT2D eigenvalue weighted by Gasteiger charge is 2.45. The van der Waals surface area contributed by atoms with Crippen LogP contribution in [-0.4, -0.2) is 53.4 Å². The van der Waals surface area contributed by atoms with Crippen LogP contribution in [0.15, 0.2) is 85.1 Å². The van der Waals surface area contributed by atoms with Crippen LogP contribution in [0.3, 0.4) is 0 Å². The molecule has 1 saturated heterocycles. The number of amides is 2. The van der Waals surface area contributed by atoms with Crippen molar-refractivity contribution in [3.8, 4) is 0 Å². The lowest BCUT2D eigenvalue weighted by atomic mass is 9.75. The number of ether oxygens (including phenoxy) is 1. The number of benzene rings is 3. The lowest BCUT2D eigenvalue weighted by molar-refractivity contribution is -0.161. The molecule has 4 N–H and O–H groups in total. The number of nitrogens with one attached hydrogen (secondary N) is 2. The topological polar surface area (TPSA) is 118 Å². The number of nitrogens with two attached hydrogens (primary N) is 1. The quantitative estimate of drug-likeness (QED) is 0.246. The zero-order valence-corrected chi connectivity index (χ0v) is 24.0. The summed E-state index contributed by atoms with van der Waals surface area (Å²) in [5, 5.41) is 4.01. The van der Waals surface area contributed by atoms with Crippen molar-refractivity contribution in [3.63, 3.8) is 0 Å². The lowest BCUT2D eigenvalue weighted by Gasteiger charge is -2.42. The van der Waals surface area contributed by atoms with Gasteiger partial charge in [0.1, 0.15) is 6.04 Å². The molecular weight excluding hydrogens is 528 g/mol. The summed E-state index contributed by atoms with van der Waals surface area (Å²) in [4.78, 5) is 46.2. The van der Waals surface area contributed by atoms with Crippen LogP contribution in [0.2, 0.25) is 0 Å². The molecular formula is C34H38N4O4. The Morgan fingerprint density at radius 3 is 2.57 bits per heavy atom. The predicted molar refractivity (Wildman–Crippen MR) is 163 cm³/mol.